The van der Waals surface area contributed by atoms with Crippen LogP contribution in [0.3, 0.4) is 0 Å². The molecule has 5 nitrogen and oxygen atoms in total. The van der Waals surface area contributed by atoms with Crippen LogP contribution in [0.25, 0.3) is 0 Å². The Labute approximate surface area is 163 Å². The van der Waals surface area contributed by atoms with Crippen LogP contribution in [0.2, 0.25) is 0 Å². The van der Waals surface area contributed by atoms with E-state index in [4.69, 9.17) is 4.99 Å². The molecular weight excluding hydrogens is 357 g/mol. The number of carbonyl (C=O) groups excluding carboxylic acids is 2. The number of aryl methyl sites for hydroxylation is 1. The van der Waals surface area contributed by atoms with Crippen molar-refractivity contribution in [1.82, 2.24) is 4.90 Å². The van der Waals surface area contributed by atoms with E-state index in [1.54, 1.807) is 17.0 Å². The average molecular weight is 379 g/mol. The van der Waals surface area contributed by atoms with Gasteiger partial charge in [0.2, 0.25) is 5.91 Å². The van der Waals surface area contributed by atoms with Gasteiger partial charge >= 0.3 is 0 Å². The SMILES string of the molecule is Cc1ccccc1NC(=O)CN1C(=O)C(c2ccc(F)cc2)=NC12CCCC2. The molecule has 6 heteroatoms. The third kappa shape index (κ3) is 3.30. The molecule has 1 aliphatic carbocycles. The fourth-order valence-corrected chi connectivity index (χ4v) is 4.02. The van der Waals surface area contributed by atoms with Crippen LogP contribution < -0.4 is 5.32 Å². The maximum Gasteiger partial charge on any atom is 0.275 e. The van der Waals surface area contributed by atoms with Crippen LogP contribution in [0.5, 0.6) is 0 Å². The molecule has 1 heterocycles. The third-order valence-corrected chi connectivity index (χ3v) is 5.51. The number of carbonyl (C=O) groups is 2. The number of benzene rings is 2. The zero-order valence-corrected chi connectivity index (χ0v) is 15.7. The van der Waals surface area contributed by atoms with Crippen molar-refractivity contribution in [3.63, 3.8) is 0 Å². The number of hydrogen-bond acceptors (Lipinski definition) is 3. The highest BCUT2D eigenvalue weighted by atomic mass is 19.1. The molecule has 0 radical (unpaired) electrons. The summed E-state index contributed by atoms with van der Waals surface area (Å²) in [5.41, 5.74) is 1.93. The van der Waals surface area contributed by atoms with Crippen LogP contribution >= 0.6 is 0 Å². The van der Waals surface area contributed by atoms with Gasteiger partial charge in [-0.2, -0.15) is 0 Å². The molecule has 28 heavy (non-hydrogen) atoms. The maximum absolute atomic E-state index is 13.3. The van der Waals surface area contributed by atoms with Gasteiger partial charge in [0.15, 0.2) is 0 Å². The van der Waals surface area contributed by atoms with E-state index in [0.717, 1.165) is 36.9 Å². The summed E-state index contributed by atoms with van der Waals surface area (Å²) in [7, 11) is 0. The Kier molecular flexibility index (Phi) is 4.71. The molecule has 0 unspecified atom stereocenters. The topological polar surface area (TPSA) is 61.8 Å². The van der Waals surface area contributed by atoms with Crippen LogP contribution in [0, 0.1) is 12.7 Å². The molecule has 0 aromatic heterocycles. The number of aliphatic imine (C=N–C) groups is 1. The molecule has 0 saturated heterocycles. The number of nitrogens with zero attached hydrogens (tertiary/aromatic N) is 2. The predicted molar refractivity (Wildman–Crippen MR) is 106 cm³/mol. The number of halogens is 1. The van der Waals surface area contributed by atoms with Gasteiger partial charge in [-0.1, -0.05) is 18.2 Å². The van der Waals surface area contributed by atoms with Gasteiger partial charge < -0.3 is 10.2 Å². The normalized spacial score (nSPS) is 17.9. The molecule has 1 saturated carbocycles. The predicted octanol–water partition coefficient (Wildman–Crippen LogP) is 3.67. The monoisotopic (exact) mass is 379 g/mol. The summed E-state index contributed by atoms with van der Waals surface area (Å²) in [4.78, 5) is 32.2. The van der Waals surface area contributed by atoms with Crippen molar-refractivity contribution in [3.05, 3.63) is 65.5 Å². The van der Waals surface area contributed by atoms with Crippen LogP contribution in [-0.2, 0) is 9.59 Å². The van der Waals surface area contributed by atoms with E-state index in [-0.39, 0.29) is 24.2 Å². The van der Waals surface area contributed by atoms with Gasteiger partial charge in [0.25, 0.3) is 5.91 Å². The van der Waals surface area contributed by atoms with Gasteiger partial charge in [-0.05, 0) is 68.5 Å². The fraction of sp³-hybridized carbons (Fsp3) is 0.318. The number of rotatable bonds is 4. The van der Waals surface area contributed by atoms with E-state index in [0.29, 0.717) is 11.3 Å². The van der Waals surface area contributed by atoms with Gasteiger partial charge in [-0.25, -0.2) is 4.39 Å². The van der Waals surface area contributed by atoms with Gasteiger partial charge in [0.1, 0.15) is 23.7 Å². The summed E-state index contributed by atoms with van der Waals surface area (Å²) < 4.78 is 13.3. The Morgan fingerprint density at radius 3 is 2.50 bits per heavy atom. The standard InChI is InChI=1S/C22H22FN3O2/c1-15-6-2-3-7-18(15)24-19(27)14-26-21(28)20(16-8-10-17(23)11-9-16)25-22(26)12-4-5-13-22/h2-3,6-11H,4-5,12-14H2,1H3,(H,24,27). The van der Waals surface area contributed by atoms with Crippen LogP contribution in [-0.4, -0.2) is 34.6 Å². The molecule has 2 amide bonds. The molecule has 144 valence electrons. The first-order chi connectivity index (χ1) is 13.5. The van der Waals surface area contributed by atoms with Crippen LogP contribution in [0.1, 0.15) is 36.8 Å². The highest BCUT2D eigenvalue weighted by Gasteiger charge is 2.49. The molecule has 2 aliphatic rings. The first-order valence-electron chi connectivity index (χ1n) is 9.52. The van der Waals surface area contributed by atoms with Gasteiger partial charge in [0, 0.05) is 11.3 Å². The average Bonchev–Trinajstić information content (AvgIpc) is 3.25. The number of amides is 2. The largest absolute Gasteiger partial charge is 0.324 e. The van der Waals surface area contributed by atoms with Crippen molar-refractivity contribution in [3.8, 4) is 0 Å². The van der Waals surface area contributed by atoms with Crippen molar-refractivity contribution < 1.29 is 14.0 Å². The second-order valence-electron chi connectivity index (χ2n) is 7.41. The second-order valence-corrected chi connectivity index (χ2v) is 7.41. The summed E-state index contributed by atoms with van der Waals surface area (Å²) in [5.74, 6) is -0.877. The molecule has 4 rings (SSSR count). The second kappa shape index (κ2) is 7.19. The minimum atomic E-state index is -0.663. The van der Waals surface area contributed by atoms with E-state index in [1.807, 2.05) is 31.2 Å². The zero-order valence-electron chi connectivity index (χ0n) is 15.7. The van der Waals surface area contributed by atoms with Gasteiger partial charge in [0.05, 0.1) is 0 Å². The van der Waals surface area contributed by atoms with E-state index < -0.39 is 5.66 Å². The third-order valence-electron chi connectivity index (χ3n) is 5.51. The molecular formula is C22H22FN3O2. The number of anilines is 1. The molecule has 0 atom stereocenters. The molecule has 0 bridgehead atoms. The number of para-hydroxylation sites is 1. The van der Waals surface area contributed by atoms with Gasteiger partial charge in [-0.15, -0.1) is 0 Å². The van der Waals surface area contributed by atoms with E-state index in [2.05, 4.69) is 5.32 Å². The Morgan fingerprint density at radius 2 is 1.82 bits per heavy atom. The molecule has 1 fully saturated rings. The van der Waals surface area contributed by atoms with Crippen molar-refractivity contribution in [2.24, 2.45) is 4.99 Å². The lowest BCUT2D eigenvalue weighted by molar-refractivity contribution is -0.132. The van der Waals surface area contributed by atoms with E-state index in [9.17, 15) is 14.0 Å². The minimum Gasteiger partial charge on any atom is -0.324 e. The van der Waals surface area contributed by atoms with Crippen molar-refractivity contribution >= 4 is 23.2 Å². The lowest BCUT2D eigenvalue weighted by Crippen LogP contribution is -2.48. The fourth-order valence-electron chi connectivity index (χ4n) is 4.02. The van der Waals surface area contributed by atoms with E-state index in [1.165, 1.54) is 12.1 Å². The number of nitrogens with one attached hydrogen (secondary N) is 1. The Balaban J connectivity index is 1.58. The number of hydrogen-bond donors (Lipinski definition) is 1. The first kappa shape index (κ1) is 18.3. The molecule has 1 aliphatic heterocycles. The van der Waals surface area contributed by atoms with E-state index >= 15 is 0 Å². The highest BCUT2D eigenvalue weighted by molar-refractivity contribution is 6.47. The van der Waals surface area contributed by atoms with Crippen molar-refractivity contribution in [2.75, 3.05) is 11.9 Å². The Morgan fingerprint density at radius 1 is 1.14 bits per heavy atom. The quantitative estimate of drug-likeness (QED) is 0.881. The minimum absolute atomic E-state index is 0.0542. The lowest BCUT2D eigenvalue weighted by atomic mass is 10.1. The summed E-state index contributed by atoms with van der Waals surface area (Å²) in [5, 5.41) is 2.89. The molecule has 1 spiro atoms. The maximum atomic E-state index is 13.3. The molecule has 2 aromatic carbocycles. The zero-order chi connectivity index (χ0) is 19.7. The highest BCUT2D eigenvalue weighted by Crippen LogP contribution is 2.41. The van der Waals surface area contributed by atoms with Crippen LogP contribution in [0.15, 0.2) is 53.5 Å². The Bertz CT molecular complexity index is 947. The smallest absolute Gasteiger partial charge is 0.275 e. The molecule has 1 N–H and O–H groups in total. The summed E-state index contributed by atoms with van der Waals surface area (Å²) in [6.07, 6.45) is 3.40. The molecule has 2 aromatic rings. The summed E-state index contributed by atoms with van der Waals surface area (Å²) in [6.45, 7) is 1.87. The van der Waals surface area contributed by atoms with Crippen molar-refractivity contribution in [1.29, 1.82) is 0 Å². The first-order valence-corrected chi connectivity index (χ1v) is 9.52. The lowest BCUT2D eigenvalue weighted by Gasteiger charge is -2.32. The summed E-state index contributed by atoms with van der Waals surface area (Å²) >= 11 is 0. The summed E-state index contributed by atoms with van der Waals surface area (Å²) in [6, 6.07) is 13.3. The van der Waals surface area contributed by atoms with Crippen LogP contribution in [0.4, 0.5) is 10.1 Å². The Hall–Kier alpha value is -3.02. The van der Waals surface area contributed by atoms with Gasteiger partial charge in [-0.3, -0.25) is 14.6 Å². The van der Waals surface area contributed by atoms with Crippen molar-refractivity contribution in [2.45, 2.75) is 38.3 Å².